The molecule has 1 atom stereocenters. The first-order valence-corrected chi connectivity index (χ1v) is 13.6. The number of nitrogen functional groups attached to an aromatic ring is 1. The molecular formula is C30H22F3N7O4. The lowest BCUT2D eigenvalue weighted by Gasteiger charge is -2.16. The van der Waals surface area contributed by atoms with E-state index in [1.807, 2.05) is 0 Å². The van der Waals surface area contributed by atoms with E-state index >= 15 is 4.39 Å². The second-order valence-electron chi connectivity index (χ2n) is 10.5. The molecule has 3 amide bonds. The van der Waals surface area contributed by atoms with Crippen LogP contribution in [-0.4, -0.2) is 55.0 Å². The number of hydrogen-bond donors (Lipinski definition) is 2. The summed E-state index contributed by atoms with van der Waals surface area (Å²) >= 11 is 0. The number of ether oxygens (including phenoxy) is 1. The van der Waals surface area contributed by atoms with Gasteiger partial charge in [0.25, 0.3) is 5.91 Å². The fourth-order valence-corrected chi connectivity index (χ4v) is 5.64. The number of benzene rings is 2. The first-order chi connectivity index (χ1) is 21.1. The number of pyridine rings is 1. The number of nitrogens with two attached hydrogens (primary N) is 1. The summed E-state index contributed by atoms with van der Waals surface area (Å²) in [7, 11) is 0. The molecule has 2 aliphatic heterocycles. The topological polar surface area (TPSA) is 139 Å². The molecular weight excluding hydrogens is 579 g/mol. The van der Waals surface area contributed by atoms with Crippen molar-refractivity contribution in [2.45, 2.75) is 25.8 Å². The van der Waals surface area contributed by atoms with Crippen molar-refractivity contribution in [3.63, 3.8) is 0 Å². The van der Waals surface area contributed by atoms with E-state index in [-0.39, 0.29) is 28.6 Å². The highest BCUT2D eigenvalue weighted by Crippen LogP contribution is 2.35. The Morgan fingerprint density at radius 1 is 1.05 bits per heavy atom. The first-order valence-electron chi connectivity index (χ1n) is 13.6. The maximum absolute atomic E-state index is 15.2. The fraction of sp³-hybridized carbons (Fsp3) is 0.167. The molecule has 7 rings (SSSR count). The number of anilines is 2. The Kier molecular flexibility index (Phi) is 6.16. The number of fused-ring (bicyclic) bond motifs is 2. The molecule has 3 N–H and O–H groups in total. The Hall–Kier alpha value is -5.66. The Morgan fingerprint density at radius 2 is 1.82 bits per heavy atom. The van der Waals surface area contributed by atoms with Crippen LogP contribution < -0.4 is 15.4 Å². The van der Waals surface area contributed by atoms with Crippen LogP contribution in [0.5, 0.6) is 11.6 Å². The van der Waals surface area contributed by atoms with Gasteiger partial charge >= 0.3 is 6.03 Å². The zero-order chi connectivity index (χ0) is 30.9. The van der Waals surface area contributed by atoms with Gasteiger partial charge in [-0.3, -0.25) is 9.59 Å². The minimum absolute atomic E-state index is 0.0203. The van der Waals surface area contributed by atoms with E-state index in [0.29, 0.717) is 41.5 Å². The van der Waals surface area contributed by atoms with Gasteiger partial charge in [0.15, 0.2) is 11.6 Å². The lowest BCUT2D eigenvalue weighted by molar-refractivity contribution is -0.119. The molecule has 2 aromatic carbocycles. The van der Waals surface area contributed by atoms with E-state index in [9.17, 15) is 23.2 Å². The number of ketones is 1. The number of nitrogens with one attached hydrogen (secondary N) is 1. The predicted octanol–water partition coefficient (Wildman–Crippen LogP) is 5.01. The maximum atomic E-state index is 15.2. The number of H-pyrrole nitrogens is 1. The van der Waals surface area contributed by atoms with Gasteiger partial charge < -0.3 is 20.4 Å². The summed E-state index contributed by atoms with van der Waals surface area (Å²) in [5.74, 6) is -4.25. The average Bonchev–Trinajstić information content (AvgIpc) is 3.76. The van der Waals surface area contributed by atoms with Crippen LogP contribution in [0, 0.1) is 24.4 Å². The minimum atomic E-state index is -0.887. The van der Waals surface area contributed by atoms with Crippen LogP contribution in [-0.2, 0) is 4.79 Å². The SMILES string of the molecule is Cc1cc(Oc2c(F)cccc2F)ncc1-n1ncc(C(=O)c2cc3cc(F)c(N4C(=O)[C@@H]5CCCN5C4=O)cc3[nH]2)c1N. The Labute approximate surface area is 246 Å². The fourth-order valence-electron chi connectivity index (χ4n) is 5.64. The molecule has 14 heteroatoms. The molecule has 5 heterocycles. The van der Waals surface area contributed by atoms with Crippen molar-refractivity contribution in [3.8, 4) is 17.3 Å². The van der Waals surface area contributed by atoms with Gasteiger partial charge in [-0.05, 0) is 55.7 Å². The number of nitrogens with zero attached hydrogens (tertiary/aromatic N) is 5. The molecule has 0 radical (unpaired) electrons. The summed E-state index contributed by atoms with van der Waals surface area (Å²) in [5.41, 5.74) is 7.48. The Bertz CT molecular complexity index is 2000. The number of imide groups is 1. The van der Waals surface area contributed by atoms with Crippen molar-refractivity contribution < 1.29 is 32.3 Å². The zero-order valence-corrected chi connectivity index (χ0v) is 23.0. The molecule has 3 aromatic heterocycles. The Morgan fingerprint density at radius 3 is 2.55 bits per heavy atom. The molecule has 2 aliphatic rings. The molecule has 5 aromatic rings. The number of rotatable bonds is 6. The van der Waals surface area contributed by atoms with Crippen molar-refractivity contribution in [1.82, 2.24) is 24.6 Å². The van der Waals surface area contributed by atoms with E-state index in [4.69, 9.17) is 10.5 Å². The van der Waals surface area contributed by atoms with Gasteiger partial charge in [0.2, 0.25) is 17.4 Å². The van der Waals surface area contributed by atoms with Gasteiger partial charge in [-0.25, -0.2) is 32.5 Å². The van der Waals surface area contributed by atoms with E-state index in [0.717, 1.165) is 23.1 Å². The van der Waals surface area contributed by atoms with Crippen LogP contribution in [0.1, 0.15) is 34.5 Å². The summed E-state index contributed by atoms with van der Waals surface area (Å²) in [4.78, 5) is 48.5. The third-order valence-corrected chi connectivity index (χ3v) is 7.83. The number of aromatic nitrogens is 4. The van der Waals surface area contributed by atoms with Crippen LogP contribution in [0.2, 0.25) is 0 Å². The maximum Gasteiger partial charge on any atom is 0.332 e. The smallest absolute Gasteiger partial charge is 0.332 e. The van der Waals surface area contributed by atoms with Crippen LogP contribution in [0.3, 0.4) is 0 Å². The van der Waals surface area contributed by atoms with Gasteiger partial charge in [0.1, 0.15) is 17.7 Å². The van der Waals surface area contributed by atoms with Crippen molar-refractivity contribution in [2.75, 3.05) is 17.2 Å². The Balaban J connectivity index is 1.16. The molecule has 0 aliphatic carbocycles. The van der Waals surface area contributed by atoms with Gasteiger partial charge in [-0.2, -0.15) is 5.10 Å². The van der Waals surface area contributed by atoms with Crippen LogP contribution >= 0.6 is 0 Å². The van der Waals surface area contributed by atoms with E-state index < -0.39 is 47.0 Å². The number of urea groups is 1. The third kappa shape index (κ3) is 4.17. The van der Waals surface area contributed by atoms with E-state index in [2.05, 4.69) is 15.1 Å². The predicted molar refractivity (Wildman–Crippen MR) is 151 cm³/mol. The van der Waals surface area contributed by atoms with Crippen molar-refractivity contribution in [3.05, 3.63) is 89.1 Å². The van der Waals surface area contributed by atoms with Gasteiger partial charge in [0.05, 0.1) is 35.0 Å². The van der Waals surface area contributed by atoms with Crippen molar-refractivity contribution in [2.24, 2.45) is 0 Å². The quantitative estimate of drug-likeness (QED) is 0.206. The van der Waals surface area contributed by atoms with E-state index in [1.54, 1.807) is 6.92 Å². The highest BCUT2D eigenvalue weighted by atomic mass is 19.1. The van der Waals surface area contributed by atoms with E-state index in [1.165, 1.54) is 46.2 Å². The highest BCUT2D eigenvalue weighted by molar-refractivity contribution is 6.22. The monoisotopic (exact) mass is 601 g/mol. The number of halogens is 3. The number of carbonyl (C=O) groups is 3. The number of hydrogen-bond acceptors (Lipinski definition) is 7. The average molecular weight is 602 g/mol. The largest absolute Gasteiger partial charge is 0.433 e. The van der Waals surface area contributed by atoms with Gasteiger partial charge in [-0.1, -0.05) is 6.07 Å². The lowest BCUT2D eigenvalue weighted by Crippen LogP contribution is -2.33. The summed E-state index contributed by atoms with van der Waals surface area (Å²) in [6, 6.07) is 7.54. The standard InChI is InChI=1S/C30H22F3N7O4/c1-14-8-25(44-27-17(31)4-2-5-18(27)32)35-13-24(14)40-28(34)16(12-36-40)26(41)21-10-15-9-19(33)23(11-20(15)37-21)39-29(42)22-6-3-7-38(22)30(39)43/h2,4-5,8-13,22,37H,3,6-7,34H2,1H3/t22-/m0/s1. The van der Waals surface area contributed by atoms with Crippen LogP contribution in [0.4, 0.5) is 29.5 Å². The van der Waals surface area contributed by atoms with Gasteiger partial charge in [-0.15, -0.1) is 0 Å². The number of para-hydroxylation sites is 1. The summed E-state index contributed by atoms with van der Waals surface area (Å²) in [6.45, 7) is 2.11. The number of aromatic amines is 1. The molecule has 222 valence electrons. The molecule has 11 nitrogen and oxygen atoms in total. The molecule has 0 saturated carbocycles. The second-order valence-corrected chi connectivity index (χ2v) is 10.5. The van der Waals surface area contributed by atoms with Gasteiger partial charge in [0, 0.05) is 23.5 Å². The molecule has 44 heavy (non-hydrogen) atoms. The first kappa shape index (κ1) is 27.2. The van der Waals surface area contributed by atoms with Crippen LogP contribution in [0.25, 0.3) is 16.6 Å². The molecule has 0 unspecified atom stereocenters. The lowest BCUT2D eigenvalue weighted by atomic mass is 10.1. The van der Waals surface area contributed by atoms with Crippen molar-refractivity contribution in [1.29, 1.82) is 0 Å². The summed E-state index contributed by atoms with van der Waals surface area (Å²) < 4.78 is 49.7. The normalized spacial score (nSPS) is 16.3. The molecule has 2 saturated heterocycles. The number of carbonyl (C=O) groups excluding carboxylic acids is 3. The molecule has 2 fully saturated rings. The number of amides is 3. The van der Waals surface area contributed by atoms with Crippen molar-refractivity contribution >= 4 is 40.1 Å². The molecule has 0 spiro atoms. The second kappa shape index (κ2) is 9.97. The zero-order valence-electron chi connectivity index (χ0n) is 23.0. The molecule has 0 bridgehead atoms. The highest BCUT2D eigenvalue weighted by Gasteiger charge is 2.48. The third-order valence-electron chi connectivity index (χ3n) is 7.83. The summed E-state index contributed by atoms with van der Waals surface area (Å²) in [5, 5.41) is 4.57. The summed E-state index contributed by atoms with van der Waals surface area (Å²) in [6.07, 6.45) is 3.84. The number of aryl methyl sites for hydroxylation is 1. The van der Waals surface area contributed by atoms with Crippen LogP contribution in [0.15, 0.2) is 54.9 Å². The minimum Gasteiger partial charge on any atom is -0.433 e.